The van der Waals surface area contributed by atoms with Gasteiger partial charge in [-0.15, -0.1) is 0 Å². The van der Waals surface area contributed by atoms with Gasteiger partial charge in [0.1, 0.15) is 11.5 Å². The Morgan fingerprint density at radius 1 is 0.850 bits per heavy atom. The molecule has 0 saturated carbocycles. The summed E-state index contributed by atoms with van der Waals surface area (Å²) in [6.07, 6.45) is 0. The van der Waals surface area contributed by atoms with Gasteiger partial charge >= 0.3 is 6.72 Å². The predicted octanol–water partition coefficient (Wildman–Crippen LogP) is 5.16. The van der Waals surface area contributed by atoms with Gasteiger partial charge < -0.3 is 9.05 Å². The van der Waals surface area contributed by atoms with Crippen LogP contribution in [0.15, 0.2) is 48.5 Å². The highest BCUT2D eigenvalue weighted by atomic mass is 35.5. The SMILES string of the molecule is Cc1ccccc1OP(=S)(OCl)Oc1ccccc1C. The third kappa shape index (κ3) is 3.74. The molecular formula is C14H14ClO3PS. The Kier molecular flexibility index (Phi) is 5.06. The van der Waals surface area contributed by atoms with E-state index in [2.05, 4.69) is 0 Å². The molecule has 0 amide bonds. The van der Waals surface area contributed by atoms with Crippen molar-refractivity contribution < 1.29 is 13.1 Å². The number of aryl methyl sites for hydroxylation is 2. The van der Waals surface area contributed by atoms with Crippen LogP contribution >= 0.6 is 18.6 Å². The van der Waals surface area contributed by atoms with Crippen molar-refractivity contribution in [1.82, 2.24) is 0 Å². The van der Waals surface area contributed by atoms with E-state index in [1.54, 1.807) is 12.1 Å². The maximum absolute atomic E-state index is 5.69. The maximum atomic E-state index is 5.69. The average Bonchev–Trinajstić information content (AvgIpc) is 2.44. The number of hydrogen-bond acceptors (Lipinski definition) is 4. The monoisotopic (exact) mass is 328 g/mol. The highest BCUT2D eigenvalue weighted by Gasteiger charge is 2.25. The van der Waals surface area contributed by atoms with Crippen molar-refractivity contribution in [3.05, 3.63) is 59.7 Å². The average molecular weight is 329 g/mol. The molecule has 0 heterocycles. The molecule has 0 atom stereocenters. The molecule has 0 radical (unpaired) electrons. The van der Waals surface area contributed by atoms with E-state index < -0.39 is 6.72 Å². The molecule has 0 aliphatic rings. The summed E-state index contributed by atoms with van der Waals surface area (Å²) in [5.74, 6) is 1.20. The molecule has 2 aromatic carbocycles. The van der Waals surface area contributed by atoms with Crippen LogP contribution in [0.3, 0.4) is 0 Å². The predicted molar refractivity (Wildman–Crippen MR) is 84.8 cm³/mol. The summed E-state index contributed by atoms with van der Waals surface area (Å²) in [5.41, 5.74) is 1.87. The Hall–Kier alpha value is -1.06. The summed E-state index contributed by atoms with van der Waals surface area (Å²) >= 11 is 10.8. The zero-order valence-corrected chi connectivity index (χ0v) is 13.5. The van der Waals surface area contributed by atoms with Crippen LogP contribution in [0.4, 0.5) is 0 Å². The lowest BCUT2D eigenvalue weighted by atomic mass is 10.2. The van der Waals surface area contributed by atoms with E-state index in [0.29, 0.717) is 11.5 Å². The summed E-state index contributed by atoms with van der Waals surface area (Å²) in [6.45, 7) is 0.728. The Labute approximate surface area is 128 Å². The van der Waals surface area contributed by atoms with Crippen molar-refractivity contribution in [2.75, 3.05) is 0 Å². The lowest BCUT2D eigenvalue weighted by Crippen LogP contribution is -2.02. The van der Waals surface area contributed by atoms with Crippen molar-refractivity contribution in [3.63, 3.8) is 0 Å². The third-order valence-corrected chi connectivity index (χ3v) is 5.16. The fourth-order valence-corrected chi connectivity index (χ4v) is 3.24. The molecule has 20 heavy (non-hydrogen) atoms. The van der Waals surface area contributed by atoms with Gasteiger partial charge in [0.25, 0.3) is 0 Å². The summed E-state index contributed by atoms with van der Waals surface area (Å²) in [6, 6.07) is 15.0. The van der Waals surface area contributed by atoms with Gasteiger partial charge in [0, 0.05) is 11.8 Å². The molecule has 0 aromatic heterocycles. The molecule has 0 aliphatic heterocycles. The molecule has 106 valence electrons. The van der Waals surface area contributed by atoms with E-state index in [0.717, 1.165) is 11.1 Å². The van der Waals surface area contributed by atoms with Gasteiger partial charge in [-0.1, -0.05) is 36.4 Å². The van der Waals surface area contributed by atoms with Gasteiger partial charge in [0.05, 0.1) is 11.9 Å². The van der Waals surface area contributed by atoms with Crippen LogP contribution in [0.25, 0.3) is 0 Å². The van der Waals surface area contributed by atoms with Gasteiger partial charge in [-0.05, 0) is 37.1 Å². The Balaban J connectivity index is 2.24. The summed E-state index contributed by atoms with van der Waals surface area (Å²) in [5, 5.41) is 0. The molecule has 0 bridgehead atoms. The van der Waals surface area contributed by atoms with Crippen LogP contribution in [-0.2, 0) is 15.9 Å². The van der Waals surface area contributed by atoms with Crippen molar-refractivity contribution in [1.29, 1.82) is 0 Å². The van der Waals surface area contributed by atoms with Crippen LogP contribution in [0, 0.1) is 13.8 Å². The van der Waals surface area contributed by atoms with Gasteiger partial charge in [-0.25, -0.2) is 0 Å². The second kappa shape index (κ2) is 6.59. The molecule has 6 heteroatoms. The molecule has 0 N–H and O–H groups in total. The largest absolute Gasteiger partial charge is 0.451 e. The van der Waals surface area contributed by atoms with Crippen LogP contribution < -0.4 is 9.05 Å². The summed E-state index contributed by atoms with van der Waals surface area (Å²) in [4.78, 5) is 0. The Morgan fingerprint density at radius 2 is 1.25 bits per heavy atom. The molecule has 2 rings (SSSR count). The standard InChI is InChI=1S/C14H14ClO3PS/c1-11-7-3-5-9-13(11)16-19(20,18-15)17-14-10-6-4-8-12(14)2/h3-10H,1-2H3. The first-order valence-electron chi connectivity index (χ1n) is 5.95. The molecule has 0 spiro atoms. The maximum Gasteiger partial charge on any atom is 0.451 e. The highest BCUT2D eigenvalue weighted by Crippen LogP contribution is 2.52. The zero-order chi connectivity index (χ0) is 14.6. The van der Waals surface area contributed by atoms with E-state index >= 15 is 0 Å². The molecule has 0 aliphatic carbocycles. The number of benzene rings is 2. The molecule has 0 unspecified atom stereocenters. The zero-order valence-electron chi connectivity index (χ0n) is 11.1. The highest BCUT2D eigenvalue weighted by molar-refractivity contribution is 8.08. The first kappa shape index (κ1) is 15.3. The first-order chi connectivity index (χ1) is 9.54. The van der Waals surface area contributed by atoms with E-state index in [9.17, 15) is 0 Å². The van der Waals surface area contributed by atoms with Crippen molar-refractivity contribution in [3.8, 4) is 11.5 Å². The van der Waals surface area contributed by atoms with Crippen molar-refractivity contribution in [2.24, 2.45) is 0 Å². The second-order valence-electron chi connectivity index (χ2n) is 4.23. The molecule has 0 fully saturated rings. The second-order valence-corrected chi connectivity index (χ2v) is 7.38. The van der Waals surface area contributed by atoms with Crippen molar-refractivity contribution in [2.45, 2.75) is 13.8 Å². The van der Waals surface area contributed by atoms with Gasteiger partial charge in [-0.3, -0.25) is 0 Å². The minimum atomic E-state index is -3.10. The van der Waals surface area contributed by atoms with E-state index in [-0.39, 0.29) is 0 Å². The number of rotatable bonds is 5. The Bertz CT molecular complexity index is 596. The normalized spacial score (nSPS) is 11.2. The number of hydrogen-bond donors (Lipinski definition) is 0. The topological polar surface area (TPSA) is 27.7 Å². The summed E-state index contributed by atoms with van der Waals surface area (Å²) in [7, 11) is 0. The van der Waals surface area contributed by atoms with Gasteiger partial charge in [0.15, 0.2) is 0 Å². The molecule has 3 nitrogen and oxygen atoms in total. The lowest BCUT2D eigenvalue weighted by Gasteiger charge is -2.21. The van der Waals surface area contributed by atoms with E-state index in [1.165, 1.54) is 0 Å². The van der Waals surface area contributed by atoms with E-state index in [4.69, 9.17) is 36.8 Å². The molecule has 0 saturated heterocycles. The lowest BCUT2D eigenvalue weighted by molar-refractivity contribution is 0.396. The smallest absolute Gasteiger partial charge is 0.415 e. The minimum absolute atomic E-state index is 0.602. The van der Waals surface area contributed by atoms with Crippen LogP contribution in [0.2, 0.25) is 0 Å². The Morgan fingerprint density at radius 3 is 1.60 bits per heavy atom. The van der Waals surface area contributed by atoms with Crippen LogP contribution in [0.1, 0.15) is 11.1 Å². The van der Waals surface area contributed by atoms with Gasteiger partial charge in [0.2, 0.25) is 0 Å². The van der Waals surface area contributed by atoms with Crippen molar-refractivity contribution >= 4 is 30.4 Å². The fourth-order valence-electron chi connectivity index (χ4n) is 1.61. The van der Waals surface area contributed by atoms with Crippen LogP contribution in [-0.4, -0.2) is 0 Å². The number of para-hydroxylation sites is 2. The van der Waals surface area contributed by atoms with Crippen LogP contribution in [0.5, 0.6) is 11.5 Å². The fraction of sp³-hybridized carbons (Fsp3) is 0.143. The van der Waals surface area contributed by atoms with E-state index in [1.807, 2.05) is 50.2 Å². The minimum Gasteiger partial charge on any atom is -0.415 e. The molecular weight excluding hydrogens is 315 g/mol. The third-order valence-electron chi connectivity index (χ3n) is 2.69. The number of halogens is 1. The summed E-state index contributed by atoms with van der Waals surface area (Å²) < 4.78 is 16.2. The quantitative estimate of drug-likeness (QED) is 0.709. The molecule has 2 aromatic rings. The first-order valence-corrected chi connectivity index (χ1v) is 8.81. The van der Waals surface area contributed by atoms with Gasteiger partial charge in [-0.2, -0.15) is 4.08 Å².